The number of hydrogen-bond acceptors (Lipinski definition) is 5. The zero-order chi connectivity index (χ0) is 21.3. The Morgan fingerprint density at radius 3 is 2.57 bits per heavy atom. The third-order valence-electron chi connectivity index (χ3n) is 5.20. The van der Waals surface area contributed by atoms with E-state index in [1.807, 2.05) is 13.0 Å². The van der Waals surface area contributed by atoms with Crippen molar-refractivity contribution < 1.29 is 17.6 Å². The van der Waals surface area contributed by atoms with Crippen LogP contribution in [0.2, 0.25) is 0 Å². The SMILES string of the molecule is Cc1ccc(-c2cc(C(=O)Nc3ccc(C)c(S(=O)(=O)N4CCCCC4)c3)n[nH]2)o1. The van der Waals surface area contributed by atoms with E-state index in [1.165, 1.54) is 10.4 Å². The lowest BCUT2D eigenvalue weighted by atomic mass is 10.2. The van der Waals surface area contributed by atoms with Crippen LogP contribution in [0.25, 0.3) is 11.5 Å². The first-order valence-corrected chi connectivity index (χ1v) is 11.3. The van der Waals surface area contributed by atoms with Gasteiger partial charge in [0.1, 0.15) is 11.5 Å². The number of aromatic nitrogens is 2. The van der Waals surface area contributed by atoms with Gasteiger partial charge in [-0.2, -0.15) is 9.40 Å². The number of piperidine rings is 1. The number of H-pyrrole nitrogens is 1. The number of hydrogen-bond donors (Lipinski definition) is 2. The third kappa shape index (κ3) is 4.03. The largest absolute Gasteiger partial charge is 0.460 e. The van der Waals surface area contributed by atoms with Gasteiger partial charge in [0.25, 0.3) is 5.91 Å². The molecule has 4 rings (SSSR count). The van der Waals surface area contributed by atoms with Gasteiger partial charge in [0.05, 0.1) is 4.90 Å². The molecule has 1 aliphatic heterocycles. The number of furan rings is 1. The average molecular weight is 429 g/mol. The summed E-state index contributed by atoms with van der Waals surface area (Å²) in [5.41, 5.74) is 1.82. The van der Waals surface area contributed by atoms with E-state index in [0.717, 1.165) is 25.0 Å². The second kappa shape index (κ2) is 8.08. The lowest BCUT2D eigenvalue weighted by molar-refractivity contribution is 0.102. The first-order chi connectivity index (χ1) is 14.3. The van der Waals surface area contributed by atoms with Crippen molar-refractivity contribution in [2.24, 2.45) is 0 Å². The normalized spacial score (nSPS) is 15.3. The van der Waals surface area contributed by atoms with Gasteiger partial charge in [0, 0.05) is 24.8 Å². The Labute approximate surface area is 175 Å². The smallest absolute Gasteiger partial charge is 0.276 e. The minimum Gasteiger partial charge on any atom is -0.460 e. The summed E-state index contributed by atoms with van der Waals surface area (Å²) in [4.78, 5) is 12.8. The fraction of sp³-hybridized carbons (Fsp3) is 0.333. The Balaban J connectivity index is 1.55. The lowest BCUT2D eigenvalue weighted by Crippen LogP contribution is -2.36. The first kappa shape index (κ1) is 20.4. The van der Waals surface area contributed by atoms with Crippen molar-refractivity contribution in [3.05, 3.63) is 53.4 Å². The summed E-state index contributed by atoms with van der Waals surface area (Å²) in [6.07, 6.45) is 2.78. The number of carbonyl (C=O) groups excluding carboxylic acids is 1. The Bertz CT molecular complexity index is 1170. The summed E-state index contributed by atoms with van der Waals surface area (Å²) < 4.78 is 33.2. The fourth-order valence-electron chi connectivity index (χ4n) is 3.54. The maximum Gasteiger partial charge on any atom is 0.276 e. The number of aryl methyl sites for hydroxylation is 2. The van der Waals surface area contributed by atoms with Crippen LogP contribution in [0.1, 0.15) is 41.1 Å². The van der Waals surface area contributed by atoms with Crippen LogP contribution in [0.3, 0.4) is 0 Å². The van der Waals surface area contributed by atoms with E-state index in [9.17, 15) is 13.2 Å². The number of anilines is 1. The number of aromatic amines is 1. The standard InChI is InChI=1S/C21H24N4O4S/c1-14-6-8-16(12-20(14)30(27,28)25-10-4-3-5-11-25)22-21(26)18-13-17(23-24-18)19-9-7-15(2)29-19/h6-9,12-13H,3-5,10-11H2,1-2H3,(H,22,26)(H,23,24). The molecule has 0 saturated carbocycles. The van der Waals surface area contributed by atoms with Crippen molar-refractivity contribution in [1.29, 1.82) is 0 Å². The van der Waals surface area contributed by atoms with Crippen molar-refractivity contribution in [3.63, 3.8) is 0 Å². The van der Waals surface area contributed by atoms with Crippen LogP contribution in [-0.4, -0.2) is 41.9 Å². The first-order valence-electron chi connectivity index (χ1n) is 9.89. The molecule has 3 heterocycles. The highest BCUT2D eigenvalue weighted by atomic mass is 32.2. The highest BCUT2D eigenvalue weighted by Gasteiger charge is 2.27. The Morgan fingerprint density at radius 1 is 1.10 bits per heavy atom. The maximum atomic E-state index is 13.1. The number of benzene rings is 1. The Hall–Kier alpha value is -2.91. The Kier molecular flexibility index (Phi) is 5.48. The van der Waals surface area contributed by atoms with Gasteiger partial charge < -0.3 is 9.73 Å². The molecule has 2 N–H and O–H groups in total. The average Bonchev–Trinajstić information content (AvgIpc) is 3.39. The highest BCUT2D eigenvalue weighted by molar-refractivity contribution is 7.89. The topological polar surface area (TPSA) is 108 Å². The minimum atomic E-state index is -3.60. The third-order valence-corrected chi connectivity index (χ3v) is 7.24. The number of nitrogens with one attached hydrogen (secondary N) is 2. The van der Waals surface area contributed by atoms with Gasteiger partial charge >= 0.3 is 0 Å². The van der Waals surface area contributed by atoms with Gasteiger partial charge in [-0.15, -0.1) is 0 Å². The van der Waals surface area contributed by atoms with E-state index >= 15 is 0 Å². The molecular formula is C21H24N4O4S. The van der Waals surface area contributed by atoms with E-state index in [4.69, 9.17) is 4.42 Å². The van der Waals surface area contributed by atoms with Gasteiger partial charge in [-0.1, -0.05) is 12.5 Å². The fourth-order valence-corrected chi connectivity index (χ4v) is 5.31. The van der Waals surface area contributed by atoms with Gasteiger partial charge in [-0.3, -0.25) is 9.89 Å². The minimum absolute atomic E-state index is 0.181. The van der Waals surface area contributed by atoms with Crippen LogP contribution in [0.5, 0.6) is 0 Å². The predicted octanol–water partition coefficient (Wildman–Crippen LogP) is 3.71. The lowest BCUT2D eigenvalue weighted by Gasteiger charge is -2.26. The van der Waals surface area contributed by atoms with Crippen LogP contribution in [-0.2, 0) is 10.0 Å². The van der Waals surface area contributed by atoms with Crippen molar-refractivity contribution in [2.75, 3.05) is 18.4 Å². The van der Waals surface area contributed by atoms with Crippen LogP contribution in [0.4, 0.5) is 5.69 Å². The molecule has 1 fully saturated rings. The van der Waals surface area contributed by atoms with E-state index in [0.29, 0.717) is 35.8 Å². The molecule has 1 saturated heterocycles. The zero-order valence-corrected chi connectivity index (χ0v) is 17.8. The van der Waals surface area contributed by atoms with E-state index in [-0.39, 0.29) is 10.6 Å². The molecule has 1 amide bonds. The molecule has 3 aromatic rings. The second-order valence-corrected chi connectivity index (χ2v) is 9.38. The van der Waals surface area contributed by atoms with E-state index in [1.54, 1.807) is 31.2 Å². The number of sulfonamides is 1. The van der Waals surface area contributed by atoms with Crippen LogP contribution in [0.15, 0.2) is 45.7 Å². The van der Waals surface area contributed by atoms with Crippen molar-refractivity contribution in [2.45, 2.75) is 38.0 Å². The molecule has 0 unspecified atom stereocenters. The molecule has 9 heteroatoms. The number of nitrogens with zero attached hydrogens (tertiary/aromatic N) is 2. The summed E-state index contributed by atoms with van der Waals surface area (Å²) in [6.45, 7) is 4.65. The molecule has 2 aromatic heterocycles. The van der Waals surface area contributed by atoms with Crippen LogP contribution < -0.4 is 5.32 Å². The quantitative estimate of drug-likeness (QED) is 0.644. The van der Waals surface area contributed by atoms with Gasteiger partial charge in [-0.25, -0.2) is 8.42 Å². The van der Waals surface area contributed by atoms with Crippen molar-refractivity contribution in [3.8, 4) is 11.5 Å². The van der Waals surface area contributed by atoms with Gasteiger partial charge in [0.2, 0.25) is 10.0 Å². The zero-order valence-electron chi connectivity index (χ0n) is 16.9. The van der Waals surface area contributed by atoms with Crippen molar-refractivity contribution in [1.82, 2.24) is 14.5 Å². The molecule has 158 valence electrons. The van der Waals surface area contributed by atoms with Crippen LogP contribution in [0, 0.1) is 13.8 Å². The summed E-state index contributed by atoms with van der Waals surface area (Å²) in [7, 11) is -3.60. The summed E-state index contributed by atoms with van der Waals surface area (Å²) in [5, 5.41) is 9.56. The predicted molar refractivity (Wildman–Crippen MR) is 113 cm³/mol. The van der Waals surface area contributed by atoms with Gasteiger partial charge in [-0.05, 0) is 56.5 Å². The summed E-state index contributed by atoms with van der Waals surface area (Å²) >= 11 is 0. The molecule has 1 aromatic carbocycles. The Morgan fingerprint density at radius 2 is 1.87 bits per heavy atom. The molecule has 0 radical (unpaired) electrons. The molecule has 8 nitrogen and oxygen atoms in total. The highest BCUT2D eigenvalue weighted by Crippen LogP contribution is 2.26. The maximum absolute atomic E-state index is 13.1. The van der Waals surface area contributed by atoms with E-state index in [2.05, 4.69) is 15.5 Å². The molecule has 1 aliphatic rings. The van der Waals surface area contributed by atoms with Crippen molar-refractivity contribution >= 4 is 21.6 Å². The molecule has 30 heavy (non-hydrogen) atoms. The number of rotatable bonds is 5. The van der Waals surface area contributed by atoms with Gasteiger partial charge in [0.15, 0.2) is 11.5 Å². The molecule has 0 spiro atoms. The number of carbonyl (C=O) groups is 1. The molecule has 0 atom stereocenters. The van der Waals surface area contributed by atoms with E-state index < -0.39 is 15.9 Å². The van der Waals surface area contributed by atoms with Crippen LogP contribution >= 0.6 is 0 Å². The summed E-state index contributed by atoms with van der Waals surface area (Å²) in [6, 6.07) is 10.1. The molecule has 0 bridgehead atoms. The summed E-state index contributed by atoms with van der Waals surface area (Å²) in [5.74, 6) is 0.906. The monoisotopic (exact) mass is 428 g/mol. The second-order valence-electron chi connectivity index (χ2n) is 7.48. The molecule has 0 aliphatic carbocycles. The molecular weight excluding hydrogens is 404 g/mol. The number of amides is 1.